The molecule has 1 N–H and O–H groups in total. The van der Waals surface area contributed by atoms with Gasteiger partial charge >= 0.3 is 5.97 Å². The van der Waals surface area contributed by atoms with Gasteiger partial charge in [-0.1, -0.05) is 48.3 Å². The quantitative estimate of drug-likeness (QED) is 0.0918. The Kier molecular flexibility index (Phi) is 11.0. The Morgan fingerprint density at radius 3 is 2.42 bits per heavy atom. The molecule has 2 saturated heterocycles. The molecule has 0 aliphatic carbocycles. The summed E-state index contributed by atoms with van der Waals surface area (Å²) in [5.74, 6) is 0.494. The molecule has 2 aliphatic heterocycles. The summed E-state index contributed by atoms with van der Waals surface area (Å²) in [5.41, 5.74) is 2.65. The highest BCUT2D eigenvalue weighted by molar-refractivity contribution is 6.42. The third kappa shape index (κ3) is 7.48. The number of carbonyl (C=O) groups excluding carboxylic acids is 3. The summed E-state index contributed by atoms with van der Waals surface area (Å²) in [6, 6.07) is 16.6. The molecule has 10 nitrogen and oxygen atoms in total. The summed E-state index contributed by atoms with van der Waals surface area (Å²) in [5, 5.41) is 0.944. The fourth-order valence-electron chi connectivity index (χ4n) is 7.20. The highest BCUT2D eigenvalue weighted by Crippen LogP contribution is 2.43. The zero-order valence-electron chi connectivity index (χ0n) is 28.6. The lowest BCUT2D eigenvalue weighted by molar-refractivity contribution is -0.134. The molecule has 3 aromatic carbocycles. The molecule has 50 heavy (non-hydrogen) atoms. The van der Waals surface area contributed by atoms with E-state index in [1.807, 2.05) is 54.3 Å². The van der Waals surface area contributed by atoms with Crippen LogP contribution in [0.2, 0.25) is 10.0 Å². The van der Waals surface area contributed by atoms with E-state index in [4.69, 9.17) is 37.4 Å². The van der Waals surface area contributed by atoms with Gasteiger partial charge in [-0.15, -0.1) is 0 Å². The number of imidazole rings is 1. The number of fused-ring (bicyclic) bond motifs is 1. The Labute approximate surface area is 302 Å². The number of aromatic nitrogens is 2. The number of benzene rings is 3. The highest BCUT2D eigenvalue weighted by Gasteiger charge is 2.42. The Hall–Kier alpha value is -4.12. The second-order valence-electron chi connectivity index (χ2n) is 13.2. The largest absolute Gasteiger partial charge is 0.493 e. The molecular formula is C38H42Cl2N4O6. The van der Waals surface area contributed by atoms with E-state index in [-0.39, 0.29) is 40.9 Å². The van der Waals surface area contributed by atoms with Crippen LogP contribution in [0.5, 0.6) is 17.2 Å². The number of nitrogens with one attached hydrogen (secondary N) is 1. The van der Waals surface area contributed by atoms with Crippen molar-refractivity contribution >= 4 is 51.9 Å². The summed E-state index contributed by atoms with van der Waals surface area (Å²) in [6.45, 7) is 5.25. The van der Waals surface area contributed by atoms with Crippen LogP contribution in [0, 0.1) is 5.92 Å². The molecule has 0 spiro atoms. The van der Waals surface area contributed by atoms with Crippen LogP contribution in [0.1, 0.15) is 72.0 Å². The predicted octanol–water partition coefficient (Wildman–Crippen LogP) is 7.36. The van der Waals surface area contributed by atoms with Gasteiger partial charge < -0.3 is 29.0 Å². The first kappa shape index (κ1) is 35.7. The minimum Gasteiger partial charge on any atom is -0.493 e. The van der Waals surface area contributed by atoms with Gasteiger partial charge in [0.2, 0.25) is 11.5 Å². The van der Waals surface area contributed by atoms with Crippen molar-refractivity contribution in [3.05, 3.63) is 81.6 Å². The van der Waals surface area contributed by atoms with Crippen LogP contribution >= 0.6 is 23.2 Å². The third-order valence-electron chi connectivity index (χ3n) is 10.0. The lowest BCUT2D eigenvalue weighted by Gasteiger charge is -2.36. The number of hydrogen-bond acceptors (Lipinski definition) is 8. The van der Waals surface area contributed by atoms with Crippen molar-refractivity contribution in [3.63, 3.8) is 0 Å². The maximum atomic E-state index is 14.1. The van der Waals surface area contributed by atoms with Crippen LogP contribution < -0.4 is 14.2 Å². The average Bonchev–Trinajstić information content (AvgIpc) is 3.77. The number of nitrogens with zero attached hydrogens (tertiary/aromatic N) is 3. The number of halogens is 2. The first-order chi connectivity index (χ1) is 24.1. The zero-order valence-corrected chi connectivity index (χ0v) is 30.1. The molecule has 3 heterocycles. The maximum Gasteiger partial charge on any atom is 0.311 e. The van der Waals surface area contributed by atoms with Gasteiger partial charge in [0.05, 0.1) is 35.3 Å². The first-order valence-electron chi connectivity index (χ1n) is 17.1. The molecule has 1 unspecified atom stereocenters. The number of ketones is 1. The van der Waals surface area contributed by atoms with Gasteiger partial charge in [0, 0.05) is 36.4 Å². The molecule has 6 rings (SSSR count). The molecule has 2 aliphatic rings. The van der Waals surface area contributed by atoms with Crippen LogP contribution in [-0.4, -0.2) is 84.4 Å². The zero-order chi connectivity index (χ0) is 35.4. The lowest BCUT2D eigenvalue weighted by Crippen LogP contribution is -2.41. The number of ether oxygens (including phenoxy) is 3. The molecule has 4 aromatic rings. The number of methoxy groups -OCH3 is 2. The van der Waals surface area contributed by atoms with Gasteiger partial charge in [0.25, 0.3) is 5.91 Å². The van der Waals surface area contributed by atoms with E-state index in [1.54, 1.807) is 12.1 Å². The summed E-state index contributed by atoms with van der Waals surface area (Å²) in [6.07, 6.45) is 3.87. The van der Waals surface area contributed by atoms with Crippen molar-refractivity contribution in [3.8, 4) is 17.2 Å². The summed E-state index contributed by atoms with van der Waals surface area (Å²) in [7, 11) is 2.94. The van der Waals surface area contributed by atoms with Crippen LogP contribution in [0.3, 0.4) is 0 Å². The van der Waals surface area contributed by atoms with Crippen molar-refractivity contribution < 1.29 is 28.6 Å². The van der Waals surface area contributed by atoms with E-state index < -0.39 is 5.97 Å². The van der Waals surface area contributed by atoms with E-state index in [0.29, 0.717) is 46.7 Å². The molecule has 1 amide bonds. The standard InChI is InChI=1S/C38H42Cl2N4O6/c1-4-7-33(45)50-32-21-25(20-31(48-2)35(32)49-3)37(47)44-19-15-38(23-44,26-10-11-27(39)28(40)22-26)14-18-43-16-12-24(13-17-43)34(46)36-41-29-8-5-6-9-30(29)42-36/h5-6,8-11,20-22,24H,4,7,12-19,23H2,1-3H3,(H,41,42). The van der Waals surface area contributed by atoms with Crippen molar-refractivity contribution in [1.29, 1.82) is 0 Å². The number of Topliss-reactive ketones (excluding diaryl/α,β-unsaturated/α-hetero) is 1. The molecular weight excluding hydrogens is 679 g/mol. The summed E-state index contributed by atoms with van der Waals surface area (Å²) >= 11 is 12.9. The van der Waals surface area contributed by atoms with Crippen LogP contribution in [0.4, 0.5) is 0 Å². The fraction of sp³-hybridized carbons (Fsp3) is 0.421. The lowest BCUT2D eigenvalue weighted by atomic mass is 9.76. The molecule has 0 radical (unpaired) electrons. The van der Waals surface area contributed by atoms with E-state index in [0.717, 1.165) is 61.9 Å². The Balaban J connectivity index is 1.17. The minimum atomic E-state index is -0.416. The third-order valence-corrected chi connectivity index (χ3v) is 10.8. The van der Waals surface area contributed by atoms with Gasteiger partial charge in [-0.3, -0.25) is 14.4 Å². The number of esters is 1. The number of rotatable bonds is 12. The van der Waals surface area contributed by atoms with E-state index in [9.17, 15) is 14.4 Å². The number of likely N-dealkylation sites (tertiary alicyclic amines) is 2. The molecule has 0 saturated carbocycles. The van der Waals surface area contributed by atoms with Gasteiger partial charge in [-0.2, -0.15) is 0 Å². The number of H-pyrrole nitrogens is 1. The van der Waals surface area contributed by atoms with Crippen molar-refractivity contribution in [1.82, 2.24) is 19.8 Å². The number of aromatic amines is 1. The predicted molar refractivity (Wildman–Crippen MR) is 193 cm³/mol. The van der Waals surface area contributed by atoms with Crippen LogP contribution in [0.25, 0.3) is 11.0 Å². The second-order valence-corrected chi connectivity index (χ2v) is 14.0. The number of amides is 1. The van der Waals surface area contributed by atoms with E-state index >= 15 is 0 Å². The fourth-order valence-corrected chi connectivity index (χ4v) is 7.50. The normalized spacial score (nSPS) is 18.4. The Bertz CT molecular complexity index is 1860. The minimum absolute atomic E-state index is 0.0662. The van der Waals surface area contributed by atoms with Gasteiger partial charge in [-0.25, -0.2) is 4.98 Å². The summed E-state index contributed by atoms with van der Waals surface area (Å²) in [4.78, 5) is 51.8. The van der Waals surface area contributed by atoms with E-state index in [2.05, 4.69) is 14.9 Å². The highest BCUT2D eigenvalue weighted by atomic mass is 35.5. The first-order valence-corrected chi connectivity index (χ1v) is 17.8. The number of hydrogen-bond donors (Lipinski definition) is 1. The Morgan fingerprint density at radius 1 is 0.960 bits per heavy atom. The van der Waals surface area contributed by atoms with Crippen molar-refractivity contribution in [2.24, 2.45) is 5.92 Å². The van der Waals surface area contributed by atoms with Crippen LogP contribution in [-0.2, 0) is 10.2 Å². The number of carbonyl (C=O) groups is 3. The topological polar surface area (TPSA) is 114 Å². The maximum absolute atomic E-state index is 14.1. The summed E-state index contributed by atoms with van der Waals surface area (Å²) < 4.78 is 16.6. The molecule has 0 bridgehead atoms. The monoisotopic (exact) mass is 720 g/mol. The van der Waals surface area contributed by atoms with Crippen molar-refractivity contribution in [2.45, 2.75) is 50.9 Å². The molecule has 264 valence electrons. The Morgan fingerprint density at radius 2 is 1.72 bits per heavy atom. The molecule has 1 atom stereocenters. The molecule has 12 heteroatoms. The van der Waals surface area contributed by atoms with Crippen molar-refractivity contribution in [2.75, 3.05) is 46.9 Å². The van der Waals surface area contributed by atoms with Gasteiger partial charge in [0.15, 0.2) is 17.3 Å². The number of piperidine rings is 1. The smallest absolute Gasteiger partial charge is 0.311 e. The SMILES string of the molecule is CCCC(=O)Oc1cc(C(=O)N2CCC(CCN3CCC(C(=O)c4nc5ccccc5[nH]4)CC3)(c3ccc(Cl)c(Cl)c3)C2)cc(OC)c1OC. The van der Waals surface area contributed by atoms with Gasteiger partial charge in [-0.05, 0) is 93.7 Å². The van der Waals surface area contributed by atoms with Gasteiger partial charge in [0.1, 0.15) is 0 Å². The van der Waals surface area contributed by atoms with E-state index in [1.165, 1.54) is 14.2 Å². The molecule has 2 fully saturated rings. The van der Waals surface area contributed by atoms with Crippen LogP contribution in [0.15, 0.2) is 54.6 Å². The average molecular weight is 722 g/mol. The second kappa shape index (κ2) is 15.4. The molecule has 1 aromatic heterocycles. The number of para-hydroxylation sites is 2.